The van der Waals surface area contributed by atoms with Crippen molar-refractivity contribution < 1.29 is 46.7 Å². The summed E-state index contributed by atoms with van der Waals surface area (Å²) < 4.78 is 42.1. The van der Waals surface area contributed by atoms with Gasteiger partial charge >= 0.3 is 17.2 Å². The van der Waals surface area contributed by atoms with E-state index >= 15 is 0 Å². The van der Waals surface area contributed by atoms with Crippen LogP contribution >= 0.6 is 33.0 Å². The Bertz CT molecular complexity index is 2230. The SMILES string of the molecule is C.C.O=C(Cl)c1ccc(OCCCCCCOc2ccc3ccc(=O)oc3c2)cc1.O=C(O)c1ccc(OCCCCCCOc2ccc3ccc(=O)oc3c2)cc1.O=S(Cl)Cl. The van der Waals surface area contributed by atoms with Crippen molar-refractivity contribution in [3.63, 3.8) is 0 Å². The third kappa shape index (κ3) is 20.0. The molecule has 6 rings (SSSR count). The minimum Gasteiger partial charge on any atom is -0.494 e. The molecule has 0 saturated carbocycles. The molecule has 0 unspecified atom stereocenters. The fourth-order valence-corrected chi connectivity index (χ4v) is 5.64. The molecule has 2 aromatic heterocycles. The predicted octanol–water partition coefficient (Wildman–Crippen LogP) is 12.0. The van der Waals surface area contributed by atoms with Crippen LogP contribution in [0.3, 0.4) is 0 Å². The molecule has 12 nitrogen and oxygen atoms in total. The van der Waals surface area contributed by atoms with Crippen molar-refractivity contribution in [1.82, 2.24) is 0 Å². The molecule has 334 valence electrons. The van der Waals surface area contributed by atoms with Gasteiger partial charge in [0.2, 0.25) is 9.23 Å². The first kappa shape index (κ1) is 52.8. The van der Waals surface area contributed by atoms with Gasteiger partial charge in [0.25, 0.3) is 5.24 Å². The summed E-state index contributed by atoms with van der Waals surface area (Å²) in [6.07, 6.45) is 7.82. The Morgan fingerprint density at radius 2 is 0.806 bits per heavy atom. The van der Waals surface area contributed by atoms with Gasteiger partial charge in [-0.15, -0.1) is 0 Å². The summed E-state index contributed by atoms with van der Waals surface area (Å²) in [5, 5.41) is 10.1. The zero-order chi connectivity index (χ0) is 43.1. The van der Waals surface area contributed by atoms with Crippen LogP contribution in [-0.2, 0) is 9.23 Å². The molecule has 0 bridgehead atoms. The van der Waals surface area contributed by atoms with Crippen molar-refractivity contribution in [2.24, 2.45) is 0 Å². The van der Waals surface area contributed by atoms with E-state index < -0.39 is 20.4 Å². The summed E-state index contributed by atoms with van der Waals surface area (Å²) in [6.45, 7) is 2.42. The first-order valence-electron chi connectivity index (χ1n) is 18.9. The lowest BCUT2D eigenvalue weighted by Crippen LogP contribution is -2.01. The molecule has 1 N–H and O–H groups in total. The standard InChI is InChI=1S/C22H21ClO5.C22H22O6.2CH4.Cl2OS/c23-22(25)17-6-9-18(10-7-17)26-13-3-1-2-4-14-27-19-11-5-16-8-12-21(24)28-20(16)15-19;23-21-12-8-16-5-11-19(15-20(16)28-21)27-14-4-2-1-3-13-26-18-9-6-17(7-10-18)22(24)25;;;1-4(2)3/h5-12,15H,1-4,13-14H2;5-12,15H,1-4,13-14H2,(H,24,25);2*1H4;. The molecule has 0 amide bonds. The van der Waals surface area contributed by atoms with E-state index in [9.17, 15) is 19.2 Å². The van der Waals surface area contributed by atoms with Crippen LogP contribution in [0.4, 0.5) is 0 Å². The minimum absolute atomic E-state index is 0. The monoisotopic (exact) mass is 932 g/mol. The molecule has 0 aliphatic heterocycles. The Labute approximate surface area is 377 Å². The lowest BCUT2D eigenvalue weighted by molar-refractivity contribution is 0.0696. The van der Waals surface area contributed by atoms with Gasteiger partial charge < -0.3 is 32.9 Å². The van der Waals surface area contributed by atoms with E-state index in [4.69, 9.17) is 48.7 Å². The van der Waals surface area contributed by atoms with Crippen molar-refractivity contribution in [2.75, 3.05) is 26.4 Å². The quantitative estimate of drug-likeness (QED) is 0.0437. The third-order valence-corrected chi connectivity index (χ3v) is 8.74. The largest absolute Gasteiger partial charge is 0.494 e. The number of benzene rings is 4. The fourth-order valence-electron chi connectivity index (χ4n) is 5.51. The first-order chi connectivity index (χ1) is 29.0. The van der Waals surface area contributed by atoms with Crippen molar-refractivity contribution >= 4 is 75.3 Å². The van der Waals surface area contributed by atoms with Crippen LogP contribution in [0.2, 0.25) is 0 Å². The first-order valence-corrected chi connectivity index (χ1v) is 22.1. The topological polar surface area (TPSA) is 169 Å². The fraction of sp³-hybridized carbons (Fsp3) is 0.304. The minimum atomic E-state index is -1.67. The second-order valence-corrected chi connectivity index (χ2v) is 15.8. The lowest BCUT2D eigenvalue weighted by Gasteiger charge is -2.08. The normalized spacial score (nSPS) is 10.3. The molecular formula is C46H51Cl3O12S. The van der Waals surface area contributed by atoms with Gasteiger partial charge in [-0.25, -0.2) is 18.6 Å². The van der Waals surface area contributed by atoms with Gasteiger partial charge in [-0.2, -0.15) is 0 Å². The second kappa shape index (κ2) is 29.1. The van der Waals surface area contributed by atoms with Crippen LogP contribution in [0.25, 0.3) is 21.9 Å². The maximum atomic E-state index is 11.3. The van der Waals surface area contributed by atoms with Crippen molar-refractivity contribution in [3.05, 3.63) is 141 Å². The number of fused-ring (bicyclic) bond motifs is 2. The predicted molar refractivity (Wildman–Crippen MR) is 247 cm³/mol. The van der Waals surface area contributed by atoms with E-state index in [1.54, 1.807) is 60.7 Å². The van der Waals surface area contributed by atoms with E-state index in [0.29, 0.717) is 60.4 Å². The van der Waals surface area contributed by atoms with Gasteiger partial charge in [0.15, 0.2) is 0 Å². The molecule has 0 radical (unpaired) electrons. The second-order valence-electron chi connectivity index (χ2n) is 12.9. The van der Waals surface area contributed by atoms with Crippen LogP contribution < -0.4 is 30.2 Å². The van der Waals surface area contributed by atoms with Crippen LogP contribution in [0.15, 0.2) is 128 Å². The van der Waals surface area contributed by atoms with Crippen LogP contribution in [-0.4, -0.2) is 47.0 Å². The molecule has 6 aromatic rings. The Morgan fingerprint density at radius 3 is 1.15 bits per heavy atom. The van der Waals surface area contributed by atoms with Gasteiger partial charge in [-0.1, -0.05) is 14.9 Å². The Morgan fingerprint density at radius 1 is 0.500 bits per heavy atom. The molecule has 0 atom stereocenters. The molecular weight excluding hydrogens is 883 g/mol. The number of ether oxygens (including phenoxy) is 4. The highest BCUT2D eigenvalue weighted by Gasteiger charge is 2.05. The summed E-state index contributed by atoms with van der Waals surface area (Å²) in [4.78, 5) is 44.3. The number of carboxylic acid groups (broad SMARTS) is 1. The number of hydrogen-bond donors (Lipinski definition) is 1. The van der Waals surface area contributed by atoms with Crippen LogP contribution in [0, 0.1) is 0 Å². The molecule has 0 aliphatic carbocycles. The summed E-state index contributed by atoms with van der Waals surface area (Å²) in [7, 11) is 7.36. The number of carboxylic acids is 1. The van der Waals surface area contributed by atoms with Gasteiger partial charge in [-0.3, -0.25) is 4.79 Å². The number of unbranched alkanes of at least 4 members (excludes halogenated alkanes) is 6. The Balaban J connectivity index is 0.000000381. The van der Waals surface area contributed by atoms with E-state index in [0.717, 1.165) is 67.9 Å². The third-order valence-electron chi connectivity index (χ3n) is 8.52. The molecule has 62 heavy (non-hydrogen) atoms. The molecule has 0 aliphatic rings. The lowest BCUT2D eigenvalue weighted by atomic mass is 10.2. The van der Waals surface area contributed by atoms with Gasteiger partial charge in [0, 0.05) is 62.0 Å². The van der Waals surface area contributed by atoms with E-state index in [1.165, 1.54) is 24.3 Å². The molecule has 4 aromatic carbocycles. The van der Waals surface area contributed by atoms with Crippen LogP contribution in [0.5, 0.6) is 23.0 Å². The zero-order valence-corrected chi connectivity index (χ0v) is 35.4. The maximum Gasteiger partial charge on any atom is 0.336 e. The number of hydrogen-bond acceptors (Lipinski definition) is 11. The average molecular weight is 934 g/mol. The molecule has 0 spiro atoms. The molecule has 0 fully saturated rings. The summed E-state index contributed by atoms with van der Waals surface area (Å²) in [5.74, 6) is 1.85. The number of aromatic carboxylic acids is 1. The van der Waals surface area contributed by atoms with Crippen molar-refractivity contribution in [3.8, 4) is 23.0 Å². The van der Waals surface area contributed by atoms with Crippen molar-refractivity contribution in [1.29, 1.82) is 0 Å². The summed E-state index contributed by atoms with van der Waals surface area (Å²) >= 11 is 5.41. The molecule has 16 heteroatoms. The highest BCUT2D eigenvalue weighted by atomic mass is 36.0. The maximum absolute atomic E-state index is 11.3. The highest BCUT2D eigenvalue weighted by molar-refractivity contribution is 8.26. The van der Waals surface area contributed by atoms with Crippen molar-refractivity contribution in [2.45, 2.75) is 66.2 Å². The number of rotatable bonds is 20. The average Bonchev–Trinajstić information content (AvgIpc) is 3.22. The Hall–Kier alpha value is -5.34. The number of carbonyl (C=O) groups excluding carboxylic acids is 1. The highest BCUT2D eigenvalue weighted by Crippen LogP contribution is 2.22. The van der Waals surface area contributed by atoms with E-state index in [1.807, 2.05) is 24.3 Å². The summed E-state index contributed by atoms with van der Waals surface area (Å²) in [6, 6.07) is 30.4. The van der Waals surface area contributed by atoms with E-state index in [-0.39, 0.29) is 31.7 Å². The van der Waals surface area contributed by atoms with E-state index in [2.05, 4.69) is 21.4 Å². The summed E-state index contributed by atoms with van der Waals surface area (Å²) in [5.41, 5.74) is 1.03. The van der Waals surface area contributed by atoms with Crippen LogP contribution in [0.1, 0.15) is 86.9 Å². The zero-order valence-electron chi connectivity index (χ0n) is 32.4. The Kier molecular flexibility index (Phi) is 24.7. The molecule has 2 heterocycles. The molecule has 0 saturated heterocycles. The smallest absolute Gasteiger partial charge is 0.336 e. The number of halogens is 3. The van der Waals surface area contributed by atoms with Gasteiger partial charge in [0.1, 0.15) is 34.2 Å². The van der Waals surface area contributed by atoms with Gasteiger partial charge in [0.05, 0.1) is 32.0 Å². The van der Waals surface area contributed by atoms with Gasteiger partial charge in [-0.05, 0) is 148 Å². The number of carbonyl (C=O) groups is 2.